The van der Waals surface area contributed by atoms with Crippen molar-refractivity contribution < 1.29 is 0 Å². The van der Waals surface area contributed by atoms with Crippen LogP contribution in [0.25, 0.3) is 0 Å². The normalized spacial score (nSPS) is 23.2. The minimum Gasteiger partial charge on any atom is -0.287 e. The Morgan fingerprint density at radius 3 is 1.25 bits per heavy atom. The predicted molar refractivity (Wildman–Crippen MR) is 107 cm³/mol. The van der Waals surface area contributed by atoms with Gasteiger partial charge in [0.25, 0.3) is 0 Å². The van der Waals surface area contributed by atoms with Crippen LogP contribution in [0.3, 0.4) is 0 Å². The van der Waals surface area contributed by atoms with E-state index in [4.69, 9.17) is 0 Å². The molecule has 1 nitrogen and oxygen atoms in total. The van der Waals surface area contributed by atoms with Crippen molar-refractivity contribution in [2.45, 2.75) is 39.0 Å². The van der Waals surface area contributed by atoms with Crippen LogP contribution in [0.15, 0.2) is 48.6 Å². The number of benzene rings is 2. The van der Waals surface area contributed by atoms with Gasteiger partial charge in [0.05, 0.1) is 0 Å². The Bertz CT molecular complexity index is 674. The molecule has 0 fully saturated rings. The van der Waals surface area contributed by atoms with Gasteiger partial charge in [0.15, 0.2) is 0 Å². The molecule has 126 valence electrons. The molecular formula is C22H28NP. The summed E-state index contributed by atoms with van der Waals surface area (Å²) in [5.74, 6) is 0. The molecule has 0 spiro atoms. The molecule has 2 unspecified atom stereocenters. The standard InChI is InChI=1S/C22H28NP/c1-15-9-16(2)12-19(11-15)21-7-8-22(24(21)23(5)6)20-13-17(3)10-18(4)14-20/h7-14,21-22H,1-6H3. The van der Waals surface area contributed by atoms with Crippen LogP contribution in [-0.2, 0) is 0 Å². The van der Waals surface area contributed by atoms with Gasteiger partial charge in [-0.15, -0.1) is 0 Å². The maximum absolute atomic E-state index is 2.46. The van der Waals surface area contributed by atoms with Crippen LogP contribution < -0.4 is 0 Å². The second kappa shape index (κ2) is 6.82. The van der Waals surface area contributed by atoms with Crippen molar-refractivity contribution in [1.82, 2.24) is 4.67 Å². The van der Waals surface area contributed by atoms with E-state index >= 15 is 0 Å². The molecule has 1 heterocycles. The zero-order valence-corrected chi connectivity index (χ0v) is 16.6. The zero-order valence-electron chi connectivity index (χ0n) is 15.7. The van der Waals surface area contributed by atoms with Gasteiger partial charge in [-0.25, -0.2) is 0 Å². The summed E-state index contributed by atoms with van der Waals surface area (Å²) in [7, 11) is 4.17. The third kappa shape index (κ3) is 3.48. The lowest BCUT2D eigenvalue weighted by atomic mass is 10.0. The monoisotopic (exact) mass is 337 g/mol. The van der Waals surface area contributed by atoms with Crippen LogP contribution in [0.1, 0.15) is 44.7 Å². The summed E-state index contributed by atoms with van der Waals surface area (Å²) in [4.78, 5) is 0. The number of aryl methyl sites for hydroxylation is 4. The number of rotatable bonds is 3. The van der Waals surface area contributed by atoms with Crippen LogP contribution in [0.2, 0.25) is 0 Å². The fourth-order valence-electron chi connectivity index (χ4n) is 3.95. The van der Waals surface area contributed by atoms with Crippen LogP contribution in [-0.4, -0.2) is 18.8 Å². The smallest absolute Gasteiger partial charge is 0.0362 e. The van der Waals surface area contributed by atoms with Gasteiger partial charge in [-0.1, -0.05) is 70.8 Å². The highest BCUT2D eigenvalue weighted by Gasteiger charge is 2.35. The van der Waals surface area contributed by atoms with Crippen molar-refractivity contribution in [3.8, 4) is 0 Å². The van der Waals surface area contributed by atoms with E-state index in [0.717, 1.165) is 0 Å². The van der Waals surface area contributed by atoms with Gasteiger partial charge < -0.3 is 0 Å². The summed E-state index contributed by atoms with van der Waals surface area (Å²) in [6.45, 7) is 8.81. The first kappa shape index (κ1) is 17.4. The third-order valence-corrected chi connectivity index (χ3v) is 7.68. The summed E-state index contributed by atoms with van der Waals surface area (Å²) in [5, 5.41) is 0. The van der Waals surface area contributed by atoms with Crippen LogP contribution >= 0.6 is 8.07 Å². The van der Waals surface area contributed by atoms with Crippen molar-refractivity contribution >= 4 is 8.07 Å². The summed E-state index contributed by atoms with van der Waals surface area (Å²) < 4.78 is 2.46. The zero-order chi connectivity index (χ0) is 17.4. The molecule has 1 aliphatic heterocycles. The molecule has 2 aromatic carbocycles. The fourth-order valence-corrected chi connectivity index (χ4v) is 6.75. The summed E-state index contributed by atoms with van der Waals surface area (Å²) >= 11 is 0. The fraction of sp³-hybridized carbons (Fsp3) is 0.364. The number of hydrogen-bond acceptors (Lipinski definition) is 1. The van der Waals surface area contributed by atoms with E-state index in [1.807, 2.05) is 0 Å². The molecule has 0 saturated carbocycles. The maximum Gasteiger partial charge on any atom is 0.0362 e. The molecule has 0 bridgehead atoms. The van der Waals surface area contributed by atoms with Crippen molar-refractivity contribution in [3.05, 3.63) is 81.9 Å². The Morgan fingerprint density at radius 2 is 0.958 bits per heavy atom. The molecular weight excluding hydrogens is 309 g/mol. The van der Waals surface area contributed by atoms with Crippen LogP contribution in [0.5, 0.6) is 0 Å². The van der Waals surface area contributed by atoms with Crippen LogP contribution in [0.4, 0.5) is 0 Å². The quantitative estimate of drug-likeness (QED) is 0.474. The molecule has 0 saturated heterocycles. The van der Waals surface area contributed by atoms with E-state index in [2.05, 4.69) is 95.0 Å². The topological polar surface area (TPSA) is 3.24 Å². The maximum atomic E-state index is 2.46. The Labute approximate surface area is 148 Å². The van der Waals surface area contributed by atoms with E-state index < -0.39 is 0 Å². The first-order valence-corrected chi connectivity index (χ1v) is 10.1. The lowest BCUT2D eigenvalue weighted by molar-refractivity contribution is 0.664. The molecule has 0 N–H and O–H groups in total. The minimum absolute atomic E-state index is 0.311. The summed E-state index contributed by atoms with van der Waals surface area (Å²) in [6.07, 6.45) is 4.89. The van der Waals surface area contributed by atoms with Crippen molar-refractivity contribution in [2.75, 3.05) is 14.1 Å². The highest BCUT2D eigenvalue weighted by Crippen LogP contribution is 2.67. The second-order valence-electron chi connectivity index (χ2n) is 7.34. The van der Waals surface area contributed by atoms with Gasteiger partial charge in [0, 0.05) is 11.3 Å². The van der Waals surface area contributed by atoms with Crippen molar-refractivity contribution in [3.63, 3.8) is 0 Å². The van der Waals surface area contributed by atoms with E-state index in [1.54, 1.807) is 0 Å². The van der Waals surface area contributed by atoms with Gasteiger partial charge >= 0.3 is 0 Å². The highest BCUT2D eigenvalue weighted by atomic mass is 31.1. The largest absolute Gasteiger partial charge is 0.287 e. The first-order valence-electron chi connectivity index (χ1n) is 8.65. The Morgan fingerprint density at radius 1 is 0.625 bits per heavy atom. The molecule has 1 aliphatic rings. The summed E-state index contributed by atoms with van der Waals surface area (Å²) in [5.41, 5.74) is 9.41. The molecule has 2 heteroatoms. The SMILES string of the molecule is Cc1cc(C)cc(C2C=CC(c3cc(C)cc(C)c3)P2N(C)C)c1. The van der Waals surface area contributed by atoms with Gasteiger partial charge in [-0.2, -0.15) is 0 Å². The predicted octanol–water partition coefficient (Wildman–Crippen LogP) is 6.23. The molecule has 0 aromatic heterocycles. The number of allylic oxidation sites excluding steroid dienone is 2. The Balaban J connectivity index is 2.01. The van der Waals surface area contributed by atoms with Crippen molar-refractivity contribution in [2.24, 2.45) is 0 Å². The minimum atomic E-state index is -0.311. The van der Waals surface area contributed by atoms with Gasteiger partial charge in [0.1, 0.15) is 0 Å². The van der Waals surface area contributed by atoms with E-state index in [0.29, 0.717) is 11.3 Å². The Kier molecular flexibility index (Phi) is 4.95. The lowest BCUT2D eigenvalue weighted by Gasteiger charge is -2.32. The van der Waals surface area contributed by atoms with Crippen LogP contribution in [0, 0.1) is 27.7 Å². The Hall–Kier alpha value is -1.43. The molecule has 0 radical (unpaired) electrons. The van der Waals surface area contributed by atoms with Gasteiger partial charge in [-0.05, 0) is 61.0 Å². The van der Waals surface area contributed by atoms with E-state index in [1.165, 1.54) is 33.4 Å². The second-order valence-corrected chi connectivity index (χ2v) is 10.0. The van der Waals surface area contributed by atoms with E-state index in [9.17, 15) is 0 Å². The van der Waals surface area contributed by atoms with Gasteiger partial charge in [-0.3, -0.25) is 4.67 Å². The first-order chi connectivity index (χ1) is 11.3. The lowest BCUT2D eigenvalue weighted by Crippen LogP contribution is -2.11. The molecule has 2 aromatic rings. The van der Waals surface area contributed by atoms with Gasteiger partial charge in [0.2, 0.25) is 0 Å². The van der Waals surface area contributed by atoms with Crippen molar-refractivity contribution in [1.29, 1.82) is 0 Å². The highest BCUT2D eigenvalue weighted by molar-refractivity contribution is 7.56. The van der Waals surface area contributed by atoms with E-state index in [-0.39, 0.29) is 8.07 Å². The third-order valence-electron chi connectivity index (χ3n) is 4.68. The molecule has 24 heavy (non-hydrogen) atoms. The number of nitrogens with zero attached hydrogens (tertiary/aromatic N) is 1. The number of hydrogen-bond donors (Lipinski definition) is 0. The summed E-state index contributed by atoms with van der Waals surface area (Å²) in [6, 6.07) is 14.0. The molecule has 0 aliphatic carbocycles. The average Bonchev–Trinajstić information content (AvgIpc) is 2.90. The molecule has 2 atom stereocenters. The molecule has 3 rings (SSSR count). The average molecular weight is 337 g/mol. The molecule has 0 amide bonds.